The van der Waals surface area contributed by atoms with Gasteiger partial charge in [0.05, 0.1) is 0 Å². The predicted molar refractivity (Wildman–Crippen MR) is 83.0 cm³/mol. The Balaban J connectivity index is 0.00000324. The van der Waals surface area contributed by atoms with Crippen molar-refractivity contribution in [1.29, 1.82) is 0 Å². The van der Waals surface area contributed by atoms with Gasteiger partial charge in [-0.2, -0.15) is 0 Å². The summed E-state index contributed by atoms with van der Waals surface area (Å²) in [5, 5.41) is 6.02. The molecule has 0 radical (unpaired) electrons. The van der Waals surface area contributed by atoms with Gasteiger partial charge in [-0.3, -0.25) is 4.79 Å². The van der Waals surface area contributed by atoms with E-state index in [0.717, 1.165) is 25.9 Å². The average molecular weight is 285 g/mol. The van der Waals surface area contributed by atoms with Crippen LogP contribution in [-0.4, -0.2) is 26.0 Å². The number of benzene rings is 1. The van der Waals surface area contributed by atoms with E-state index in [9.17, 15) is 4.79 Å². The van der Waals surface area contributed by atoms with Crippen molar-refractivity contribution >= 4 is 18.3 Å². The standard InChI is InChI=1S/C15H24N2O.ClH/c1-12-6-4-7-13(2)14(12)9-11-17-15(18)8-5-10-16-3;/h4,6-7,16H,5,8-11H2,1-3H3,(H,17,18);1H. The Labute approximate surface area is 122 Å². The minimum Gasteiger partial charge on any atom is -0.356 e. The van der Waals surface area contributed by atoms with Gasteiger partial charge in [-0.15, -0.1) is 12.4 Å². The van der Waals surface area contributed by atoms with Crippen molar-refractivity contribution in [3.63, 3.8) is 0 Å². The highest BCUT2D eigenvalue weighted by Gasteiger charge is 2.03. The summed E-state index contributed by atoms with van der Waals surface area (Å²) in [6, 6.07) is 6.32. The summed E-state index contributed by atoms with van der Waals surface area (Å²) < 4.78 is 0. The van der Waals surface area contributed by atoms with Crippen LogP contribution in [0.3, 0.4) is 0 Å². The van der Waals surface area contributed by atoms with Crippen molar-refractivity contribution in [2.75, 3.05) is 20.1 Å². The van der Waals surface area contributed by atoms with Crippen molar-refractivity contribution in [1.82, 2.24) is 10.6 Å². The van der Waals surface area contributed by atoms with E-state index in [-0.39, 0.29) is 18.3 Å². The van der Waals surface area contributed by atoms with Crippen molar-refractivity contribution in [2.24, 2.45) is 0 Å². The summed E-state index contributed by atoms with van der Waals surface area (Å²) in [5.74, 6) is 0.150. The molecule has 1 amide bonds. The molecule has 0 unspecified atom stereocenters. The van der Waals surface area contributed by atoms with Crippen molar-refractivity contribution in [3.8, 4) is 0 Å². The average Bonchev–Trinajstić information content (AvgIpc) is 2.33. The molecule has 1 aromatic carbocycles. The maximum Gasteiger partial charge on any atom is 0.220 e. The molecule has 0 spiro atoms. The molecule has 3 nitrogen and oxygen atoms in total. The predicted octanol–water partition coefficient (Wildman–Crippen LogP) is 2.38. The lowest BCUT2D eigenvalue weighted by Gasteiger charge is -2.10. The molecule has 0 atom stereocenters. The minimum atomic E-state index is 0. The van der Waals surface area contributed by atoms with Gasteiger partial charge in [-0.25, -0.2) is 0 Å². The molecule has 1 rings (SSSR count). The van der Waals surface area contributed by atoms with Crippen molar-refractivity contribution < 1.29 is 4.79 Å². The van der Waals surface area contributed by atoms with Gasteiger partial charge in [-0.1, -0.05) is 18.2 Å². The van der Waals surface area contributed by atoms with Gasteiger partial charge in [-0.05, 0) is 57.0 Å². The molecule has 0 aliphatic carbocycles. The Morgan fingerprint density at radius 2 is 1.79 bits per heavy atom. The molecule has 0 aliphatic heterocycles. The molecular weight excluding hydrogens is 260 g/mol. The van der Waals surface area contributed by atoms with E-state index in [1.807, 2.05) is 7.05 Å². The molecule has 0 aliphatic rings. The van der Waals surface area contributed by atoms with E-state index in [0.29, 0.717) is 6.42 Å². The fraction of sp³-hybridized carbons (Fsp3) is 0.533. The fourth-order valence-corrected chi connectivity index (χ4v) is 2.08. The number of halogens is 1. The third kappa shape index (κ3) is 6.60. The Kier molecular flexibility index (Phi) is 9.27. The van der Waals surface area contributed by atoms with Crippen molar-refractivity contribution in [3.05, 3.63) is 34.9 Å². The molecule has 0 aromatic heterocycles. The number of aryl methyl sites for hydroxylation is 2. The van der Waals surface area contributed by atoms with E-state index in [2.05, 4.69) is 42.7 Å². The molecule has 0 fully saturated rings. The molecule has 4 heteroatoms. The zero-order valence-electron chi connectivity index (χ0n) is 12.1. The molecule has 0 bridgehead atoms. The van der Waals surface area contributed by atoms with Crippen LogP contribution >= 0.6 is 12.4 Å². The highest BCUT2D eigenvalue weighted by Crippen LogP contribution is 2.13. The smallest absolute Gasteiger partial charge is 0.220 e. The number of carbonyl (C=O) groups excluding carboxylic acids is 1. The maximum absolute atomic E-state index is 11.5. The summed E-state index contributed by atoms with van der Waals surface area (Å²) in [6.45, 7) is 5.86. The molecule has 0 heterocycles. The third-order valence-electron chi connectivity index (χ3n) is 3.17. The lowest BCUT2D eigenvalue weighted by molar-refractivity contribution is -0.121. The van der Waals surface area contributed by atoms with Crippen LogP contribution in [0.25, 0.3) is 0 Å². The van der Waals surface area contributed by atoms with Crippen LogP contribution in [0.4, 0.5) is 0 Å². The van der Waals surface area contributed by atoms with Gasteiger partial charge in [0.2, 0.25) is 5.91 Å². The fourth-order valence-electron chi connectivity index (χ4n) is 2.08. The zero-order valence-corrected chi connectivity index (χ0v) is 12.9. The second-order valence-corrected chi connectivity index (χ2v) is 4.68. The monoisotopic (exact) mass is 284 g/mol. The van der Waals surface area contributed by atoms with Gasteiger partial charge in [0.1, 0.15) is 0 Å². The maximum atomic E-state index is 11.5. The number of hydrogen-bond acceptors (Lipinski definition) is 2. The van der Waals surface area contributed by atoms with E-state index in [1.165, 1.54) is 16.7 Å². The highest BCUT2D eigenvalue weighted by atomic mass is 35.5. The Morgan fingerprint density at radius 1 is 1.16 bits per heavy atom. The number of rotatable bonds is 7. The molecule has 108 valence electrons. The first-order valence-corrected chi connectivity index (χ1v) is 6.61. The summed E-state index contributed by atoms with van der Waals surface area (Å²) in [5.41, 5.74) is 3.96. The van der Waals surface area contributed by atoms with Crippen LogP contribution in [0, 0.1) is 13.8 Å². The molecule has 0 saturated carbocycles. The van der Waals surface area contributed by atoms with Crippen LogP contribution in [0.15, 0.2) is 18.2 Å². The SMILES string of the molecule is CNCCCC(=O)NCCc1c(C)cccc1C.Cl. The second kappa shape index (κ2) is 9.82. The van der Waals surface area contributed by atoms with Crippen LogP contribution in [0.1, 0.15) is 29.5 Å². The van der Waals surface area contributed by atoms with Gasteiger partial charge in [0, 0.05) is 13.0 Å². The first-order valence-electron chi connectivity index (χ1n) is 6.61. The van der Waals surface area contributed by atoms with Crippen LogP contribution in [0.2, 0.25) is 0 Å². The normalized spacial score (nSPS) is 9.84. The first-order chi connectivity index (χ1) is 8.65. The topological polar surface area (TPSA) is 41.1 Å². The second-order valence-electron chi connectivity index (χ2n) is 4.68. The molecule has 2 N–H and O–H groups in total. The summed E-state index contributed by atoms with van der Waals surface area (Å²) >= 11 is 0. The number of hydrogen-bond donors (Lipinski definition) is 2. The summed E-state index contributed by atoms with van der Waals surface area (Å²) in [4.78, 5) is 11.5. The lowest BCUT2D eigenvalue weighted by Crippen LogP contribution is -2.26. The highest BCUT2D eigenvalue weighted by molar-refractivity contribution is 5.85. The van der Waals surface area contributed by atoms with Crippen LogP contribution in [0.5, 0.6) is 0 Å². The number of nitrogens with one attached hydrogen (secondary N) is 2. The lowest BCUT2D eigenvalue weighted by atomic mass is 10.0. The quantitative estimate of drug-likeness (QED) is 0.755. The molecule has 0 saturated heterocycles. The Bertz CT molecular complexity index is 373. The van der Waals surface area contributed by atoms with Gasteiger partial charge >= 0.3 is 0 Å². The zero-order chi connectivity index (χ0) is 13.4. The van der Waals surface area contributed by atoms with Gasteiger partial charge in [0.25, 0.3) is 0 Å². The third-order valence-corrected chi connectivity index (χ3v) is 3.17. The Morgan fingerprint density at radius 3 is 2.37 bits per heavy atom. The molecular formula is C15H25ClN2O. The van der Waals surface area contributed by atoms with E-state index < -0.39 is 0 Å². The van der Waals surface area contributed by atoms with Crippen molar-refractivity contribution in [2.45, 2.75) is 33.1 Å². The first kappa shape index (κ1) is 17.9. The van der Waals surface area contributed by atoms with E-state index in [4.69, 9.17) is 0 Å². The molecule has 1 aromatic rings. The van der Waals surface area contributed by atoms with Gasteiger partial charge in [0.15, 0.2) is 0 Å². The summed E-state index contributed by atoms with van der Waals surface area (Å²) in [7, 11) is 1.90. The largest absolute Gasteiger partial charge is 0.356 e. The van der Waals surface area contributed by atoms with E-state index in [1.54, 1.807) is 0 Å². The number of carbonyl (C=O) groups is 1. The summed E-state index contributed by atoms with van der Waals surface area (Å²) in [6.07, 6.45) is 2.41. The minimum absolute atomic E-state index is 0. The molecule has 19 heavy (non-hydrogen) atoms. The van der Waals surface area contributed by atoms with Crippen LogP contribution < -0.4 is 10.6 Å². The number of amides is 1. The van der Waals surface area contributed by atoms with E-state index >= 15 is 0 Å². The van der Waals surface area contributed by atoms with Gasteiger partial charge < -0.3 is 10.6 Å². The van der Waals surface area contributed by atoms with Crippen LogP contribution in [-0.2, 0) is 11.2 Å². The Hall–Kier alpha value is -1.06.